The van der Waals surface area contributed by atoms with Crippen LogP contribution in [-0.2, 0) is 17.3 Å². The predicted octanol–water partition coefficient (Wildman–Crippen LogP) is 0.992. The van der Waals surface area contributed by atoms with Gasteiger partial charge in [0.25, 0.3) is 0 Å². The molecule has 94 valence electrons. The maximum Gasteiger partial charge on any atom is 0.335 e. The van der Waals surface area contributed by atoms with Crippen LogP contribution in [0, 0.1) is 5.82 Å². The minimum absolute atomic E-state index is 0.0577. The molecular weight excluding hydrogens is 245 g/mol. The minimum atomic E-state index is -1.08. The monoisotopic (exact) mass is 259 g/mol. The van der Waals surface area contributed by atoms with Gasteiger partial charge in [0.1, 0.15) is 5.82 Å². The van der Waals surface area contributed by atoms with Crippen molar-refractivity contribution >= 4 is 16.8 Å². The van der Waals surface area contributed by atoms with Gasteiger partial charge in [0.15, 0.2) is 0 Å². The van der Waals surface area contributed by atoms with Gasteiger partial charge in [-0.2, -0.15) is 0 Å². The van der Waals surface area contributed by atoms with Gasteiger partial charge in [-0.25, -0.2) is 9.18 Å². The third kappa shape index (κ3) is 4.62. The van der Waals surface area contributed by atoms with Gasteiger partial charge in [-0.3, -0.25) is 4.21 Å². The third-order valence-corrected chi connectivity index (χ3v) is 2.95. The molecule has 0 aliphatic carbocycles. The lowest BCUT2D eigenvalue weighted by Crippen LogP contribution is -2.20. The molecule has 0 bridgehead atoms. The number of hydrogen-bond acceptors (Lipinski definition) is 3. The quantitative estimate of drug-likeness (QED) is 0.748. The van der Waals surface area contributed by atoms with E-state index in [1.54, 1.807) is 6.26 Å². The number of hydrogen-bond donors (Lipinski definition) is 2. The maximum absolute atomic E-state index is 13.3. The van der Waals surface area contributed by atoms with Crippen molar-refractivity contribution in [1.29, 1.82) is 0 Å². The molecule has 0 spiro atoms. The second-order valence-electron chi connectivity index (χ2n) is 3.57. The third-order valence-electron chi connectivity index (χ3n) is 2.17. The Balaban J connectivity index is 2.60. The van der Waals surface area contributed by atoms with Gasteiger partial charge in [-0.1, -0.05) is 0 Å². The average molecular weight is 259 g/mol. The van der Waals surface area contributed by atoms with Gasteiger partial charge >= 0.3 is 5.97 Å². The minimum Gasteiger partial charge on any atom is -0.478 e. The molecule has 0 amide bonds. The molecule has 17 heavy (non-hydrogen) atoms. The van der Waals surface area contributed by atoms with E-state index in [9.17, 15) is 13.4 Å². The summed E-state index contributed by atoms with van der Waals surface area (Å²) in [5, 5.41) is 11.7. The number of carbonyl (C=O) groups is 1. The first-order valence-corrected chi connectivity index (χ1v) is 6.76. The second-order valence-corrected chi connectivity index (χ2v) is 5.12. The van der Waals surface area contributed by atoms with Crippen molar-refractivity contribution in [3.63, 3.8) is 0 Å². The largest absolute Gasteiger partial charge is 0.478 e. The molecular formula is C11H14FNO3S. The van der Waals surface area contributed by atoms with E-state index in [4.69, 9.17) is 5.11 Å². The van der Waals surface area contributed by atoms with E-state index in [0.717, 1.165) is 6.07 Å². The summed E-state index contributed by atoms with van der Waals surface area (Å²) in [5.41, 5.74) is 0.356. The molecule has 0 radical (unpaired) electrons. The summed E-state index contributed by atoms with van der Waals surface area (Å²) in [6, 6.07) is 3.66. The van der Waals surface area contributed by atoms with E-state index >= 15 is 0 Å². The Hall–Kier alpha value is -1.27. The summed E-state index contributed by atoms with van der Waals surface area (Å²) in [5.74, 6) is -1.04. The Labute approximate surface area is 101 Å². The lowest BCUT2D eigenvalue weighted by atomic mass is 10.1. The molecule has 0 aliphatic heterocycles. The van der Waals surface area contributed by atoms with Gasteiger partial charge < -0.3 is 10.4 Å². The number of rotatable bonds is 6. The van der Waals surface area contributed by atoms with E-state index in [0.29, 0.717) is 17.9 Å². The standard InChI is InChI=1S/C11H14FNO3S/c1-17(16)5-4-13-7-9-6-8(11(14)15)2-3-10(9)12/h2-3,6,13H,4-5,7H2,1H3,(H,14,15). The van der Waals surface area contributed by atoms with Gasteiger partial charge in [0.2, 0.25) is 0 Å². The van der Waals surface area contributed by atoms with Crippen LogP contribution in [0.3, 0.4) is 0 Å². The number of nitrogens with one attached hydrogen (secondary N) is 1. The fourth-order valence-electron chi connectivity index (χ4n) is 1.28. The zero-order valence-electron chi connectivity index (χ0n) is 9.40. The van der Waals surface area contributed by atoms with Gasteiger partial charge in [0, 0.05) is 41.5 Å². The summed E-state index contributed by atoms with van der Waals surface area (Å²) in [4.78, 5) is 10.7. The highest BCUT2D eigenvalue weighted by Gasteiger charge is 2.07. The summed E-state index contributed by atoms with van der Waals surface area (Å²) >= 11 is 0. The highest BCUT2D eigenvalue weighted by atomic mass is 32.2. The molecule has 0 heterocycles. The van der Waals surface area contributed by atoms with Crippen molar-refractivity contribution in [3.05, 3.63) is 35.1 Å². The summed E-state index contributed by atoms with van der Waals surface area (Å²) in [6.45, 7) is 0.726. The Morgan fingerprint density at radius 2 is 2.24 bits per heavy atom. The number of halogens is 1. The number of benzene rings is 1. The van der Waals surface area contributed by atoms with Crippen LogP contribution in [0.1, 0.15) is 15.9 Å². The van der Waals surface area contributed by atoms with Crippen LogP contribution in [-0.4, -0.2) is 33.8 Å². The van der Waals surface area contributed by atoms with Gasteiger partial charge in [0.05, 0.1) is 5.56 Å². The van der Waals surface area contributed by atoms with E-state index < -0.39 is 22.6 Å². The smallest absolute Gasteiger partial charge is 0.335 e. The molecule has 1 aromatic carbocycles. The topological polar surface area (TPSA) is 66.4 Å². The molecule has 1 rings (SSSR count). The summed E-state index contributed by atoms with van der Waals surface area (Å²) < 4.78 is 24.1. The first-order chi connectivity index (χ1) is 8.00. The van der Waals surface area contributed by atoms with Crippen LogP contribution in [0.4, 0.5) is 4.39 Å². The summed E-state index contributed by atoms with van der Waals surface area (Å²) in [7, 11) is -0.891. The maximum atomic E-state index is 13.3. The Morgan fingerprint density at radius 1 is 1.53 bits per heavy atom. The van der Waals surface area contributed by atoms with Gasteiger partial charge in [-0.05, 0) is 18.2 Å². The highest BCUT2D eigenvalue weighted by Crippen LogP contribution is 2.10. The van der Waals surface area contributed by atoms with Crippen LogP contribution in [0.5, 0.6) is 0 Å². The highest BCUT2D eigenvalue weighted by molar-refractivity contribution is 7.84. The van der Waals surface area contributed by atoms with Crippen molar-refractivity contribution in [3.8, 4) is 0 Å². The average Bonchev–Trinajstić information content (AvgIpc) is 2.25. The van der Waals surface area contributed by atoms with Crippen molar-refractivity contribution < 1.29 is 18.5 Å². The fourth-order valence-corrected chi connectivity index (χ4v) is 1.71. The molecule has 2 N–H and O–H groups in total. The van der Waals surface area contributed by atoms with Crippen molar-refractivity contribution in [2.45, 2.75) is 6.54 Å². The molecule has 0 aliphatic rings. The molecule has 1 unspecified atom stereocenters. The Bertz CT molecular complexity index is 437. The lowest BCUT2D eigenvalue weighted by Gasteiger charge is -2.06. The fraction of sp³-hybridized carbons (Fsp3) is 0.364. The molecule has 0 fully saturated rings. The van der Waals surface area contributed by atoms with Crippen LogP contribution < -0.4 is 5.32 Å². The first kappa shape index (κ1) is 13.8. The predicted molar refractivity (Wildman–Crippen MR) is 64.0 cm³/mol. The van der Waals surface area contributed by atoms with Crippen molar-refractivity contribution in [2.24, 2.45) is 0 Å². The number of aromatic carboxylic acids is 1. The van der Waals surface area contributed by atoms with Gasteiger partial charge in [-0.15, -0.1) is 0 Å². The molecule has 0 saturated heterocycles. The SMILES string of the molecule is CS(=O)CCNCc1cc(C(=O)O)ccc1F. The second kappa shape index (κ2) is 6.46. The van der Waals surface area contributed by atoms with E-state index in [1.807, 2.05) is 0 Å². The van der Waals surface area contributed by atoms with E-state index in [1.165, 1.54) is 12.1 Å². The van der Waals surface area contributed by atoms with Crippen LogP contribution in [0.2, 0.25) is 0 Å². The molecule has 0 saturated carbocycles. The normalized spacial score (nSPS) is 12.4. The Morgan fingerprint density at radius 3 is 2.82 bits per heavy atom. The van der Waals surface area contributed by atoms with Crippen LogP contribution in [0.15, 0.2) is 18.2 Å². The molecule has 4 nitrogen and oxygen atoms in total. The molecule has 0 aromatic heterocycles. The zero-order valence-corrected chi connectivity index (χ0v) is 10.2. The summed E-state index contributed by atoms with van der Waals surface area (Å²) in [6.07, 6.45) is 1.59. The van der Waals surface area contributed by atoms with Crippen molar-refractivity contribution in [2.75, 3.05) is 18.6 Å². The van der Waals surface area contributed by atoms with Crippen LogP contribution >= 0.6 is 0 Å². The number of carboxylic acids is 1. The molecule has 1 aromatic rings. The van der Waals surface area contributed by atoms with Crippen LogP contribution in [0.25, 0.3) is 0 Å². The molecule has 1 atom stereocenters. The van der Waals surface area contributed by atoms with E-state index in [2.05, 4.69) is 5.32 Å². The van der Waals surface area contributed by atoms with Crippen molar-refractivity contribution in [1.82, 2.24) is 5.32 Å². The zero-order chi connectivity index (χ0) is 12.8. The first-order valence-electron chi connectivity index (χ1n) is 5.03. The molecule has 6 heteroatoms. The number of carboxylic acid groups (broad SMARTS) is 1. The van der Waals surface area contributed by atoms with E-state index in [-0.39, 0.29) is 12.1 Å². The Kier molecular flexibility index (Phi) is 5.24. The lowest BCUT2D eigenvalue weighted by molar-refractivity contribution is 0.0696.